The molecule has 7 heteroatoms. The van der Waals surface area contributed by atoms with Crippen molar-refractivity contribution in [3.8, 4) is 5.75 Å². The SMILES string of the molecule is CCOc1ccccc1NC(=O)c1ccnc(Nc2ccc(F)c(F)c2)c1. The first-order valence-electron chi connectivity index (χ1n) is 8.28. The Morgan fingerprint density at radius 1 is 1.07 bits per heavy atom. The maximum atomic E-state index is 13.3. The molecule has 0 fully saturated rings. The van der Waals surface area contributed by atoms with Gasteiger partial charge in [0.1, 0.15) is 11.6 Å². The van der Waals surface area contributed by atoms with Crippen LogP contribution in [0.1, 0.15) is 17.3 Å². The van der Waals surface area contributed by atoms with Crippen molar-refractivity contribution < 1.29 is 18.3 Å². The van der Waals surface area contributed by atoms with Gasteiger partial charge in [0.25, 0.3) is 5.91 Å². The number of amides is 1. The molecule has 2 aromatic carbocycles. The summed E-state index contributed by atoms with van der Waals surface area (Å²) in [4.78, 5) is 16.6. The highest BCUT2D eigenvalue weighted by Crippen LogP contribution is 2.25. The van der Waals surface area contributed by atoms with E-state index in [-0.39, 0.29) is 5.91 Å². The molecule has 3 aromatic rings. The fraction of sp³-hybridized carbons (Fsp3) is 0.100. The number of anilines is 3. The summed E-state index contributed by atoms with van der Waals surface area (Å²) in [6.07, 6.45) is 1.45. The molecular formula is C20H17F2N3O2. The summed E-state index contributed by atoms with van der Waals surface area (Å²) >= 11 is 0. The quantitative estimate of drug-likeness (QED) is 0.658. The summed E-state index contributed by atoms with van der Waals surface area (Å²) in [6, 6.07) is 13.6. The monoisotopic (exact) mass is 369 g/mol. The highest BCUT2D eigenvalue weighted by atomic mass is 19.2. The topological polar surface area (TPSA) is 63.2 Å². The number of para-hydroxylation sites is 2. The lowest BCUT2D eigenvalue weighted by atomic mass is 10.2. The Hall–Kier alpha value is -3.48. The smallest absolute Gasteiger partial charge is 0.255 e. The van der Waals surface area contributed by atoms with E-state index in [0.29, 0.717) is 35.1 Å². The number of ether oxygens (including phenoxy) is 1. The summed E-state index contributed by atoms with van der Waals surface area (Å²) in [7, 11) is 0. The summed E-state index contributed by atoms with van der Waals surface area (Å²) in [5, 5.41) is 5.63. The second kappa shape index (κ2) is 8.27. The predicted molar refractivity (Wildman–Crippen MR) is 99.4 cm³/mol. The molecule has 2 N–H and O–H groups in total. The maximum absolute atomic E-state index is 13.3. The zero-order valence-electron chi connectivity index (χ0n) is 14.5. The Labute approximate surface area is 155 Å². The predicted octanol–water partition coefficient (Wildman–Crippen LogP) is 4.75. The van der Waals surface area contributed by atoms with Gasteiger partial charge in [-0.2, -0.15) is 0 Å². The molecule has 0 saturated heterocycles. The van der Waals surface area contributed by atoms with Gasteiger partial charge in [-0.05, 0) is 43.3 Å². The number of aromatic nitrogens is 1. The first-order chi connectivity index (χ1) is 13.1. The van der Waals surface area contributed by atoms with E-state index >= 15 is 0 Å². The third kappa shape index (κ3) is 4.58. The Bertz CT molecular complexity index is 963. The van der Waals surface area contributed by atoms with Crippen LogP contribution in [0.3, 0.4) is 0 Å². The van der Waals surface area contributed by atoms with E-state index in [2.05, 4.69) is 15.6 Å². The van der Waals surface area contributed by atoms with Crippen molar-refractivity contribution in [1.29, 1.82) is 0 Å². The van der Waals surface area contributed by atoms with Gasteiger partial charge in [0, 0.05) is 23.5 Å². The van der Waals surface area contributed by atoms with Gasteiger partial charge in [-0.3, -0.25) is 4.79 Å². The zero-order valence-corrected chi connectivity index (χ0v) is 14.5. The molecule has 27 heavy (non-hydrogen) atoms. The van der Waals surface area contributed by atoms with Crippen LogP contribution in [0, 0.1) is 11.6 Å². The van der Waals surface area contributed by atoms with Gasteiger partial charge in [-0.15, -0.1) is 0 Å². The normalized spacial score (nSPS) is 10.3. The Morgan fingerprint density at radius 2 is 1.89 bits per heavy atom. The van der Waals surface area contributed by atoms with Crippen molar-refractivity contribution in [1.82, 2.24) is 4.98 Å². The maximum Gasteiger partial charge on any atom is 0.255 e. The summed E-state index contributed by atoms with van der Waals surface area (Å²) in [6.45, 7) is 2.34. The first-order valence-corrected chi connectivity index (χ1v) is 8.28. The minimum atomic E-state index is -0.971. The standard InChI is InChI=1S/C20H17F2N3O2/c1-2-27-18-6-4-3-5-17(18)25-20(26)13-9-10-23-19(11-13)24-14-7-8-15(21)16(22)12-14/h3-12H,2H2,1H3,(H,23,24)(H,25,26). The van der Waals surface area contributed by atoms with Crippen molar-refractivity contribution in [3.05, 3.63) is 78.0 Å². The molecule has 0 aliphatic rings. The molecule has 0 saturated carbocycles. The van der Waals surface area contributed by atoms with E-state index in [0.717, 1.165) is 12.1 Å². The van der Waals surface area contributed by atoms with Crippen LogP contribution >= 0.6 is 0 Å². The number of nitrogens with zero attached hydrogens (tertiary/aromatic N) is 1. The lowest BCUT2D eigenvalue weighted by Crippen LogP contribution is -2.13. The van der Waals surface area contributed by atoms with Gasteiger partial charge in [-0.25, -0.2) is 13.8 Å². The van der Waals surface area contributed by atoms with Crippen LogP contribution < -0.4 is 15.4 Å². The van der Waals surface area contributed by atoms with Crippen LogP contribution in [-0.4, -0.2) is 17.5 Å². The van der Waals surface area contributed by atoms with E-state index in [1.807, 2.05) is 13.0 Å². The third-order valence-corrected chi connectivity index (χ3v) is 3.65. The zero-order chi connectivity index (χ0) is 19.2. The van der Waals surface area contributed by atoms with E-state index in [4.69, 9.17) is 4.74 Å². The van der Waals surface area contributed by atoms with Crippen LogP contribution in [0.5, 0.6) is 5.75 Å². The Balaban J connectivity index is 1.76. The van der Waals surface area contributed by atoms with Gasteiger partial charge in [0.05, 0.1) is 12.3 Å². The molecule has 1 aromatic heterocycles. The van der Waals surface area contributed by atoms with Crippen molar-refractivity contribution >= 4 is 23.1 Å². The lowest BCUT2D eigenvalue weighted by molar-refractivity contribution is 0.102. The van der Waals surface area contributed by atoms with Gasteiger partial charge in [0.2, 0.25) is 0 Å². The van der Waals surface area contributed by atoms with Gasteiger partial charge < -0.3 is 15.4 Å². The average Bonchev–Trinajstić information content (AvgIpc) is 2.67. The number of carbonyl (C=O) groups excluding carboxylic acids is 1. The molecule has 0 spiro atoms. The van der Waals surface area contributed by atoms with Crippen LogP contribution in [0.4, 0.5) is 26.0 Å². The number of nitrogens with one attached hydrogen (secondary N) is 2. The lowest BCUT2D eigenvalue weighted by Gasteiger charge is -2.12. The van der Waals surface area contributed by atoms with E-state index < -0.39 is 11.6 Å². The molecule has 0 aliphatic carbocycles. The van der Waals surface area contributed by atoms with Crippen molar-refractivity contribution in [2.45, 2.75) is 6.92 Å². The molecule has 0 aliphatic heterocycles. The largest absolute Gasteiger partial charge is 0.492 e. The number of carbonyl (C=O) groups is 1. The van der Waals surface area contributed by atoms with E-state index in [1.165, 1.54) is 18.3 Å². The van der Waals surface area contributed by atoms with Crippen LogP contribution in [0.25, 0.3) is 0 Å². The molecule has 138 valence electrons. The fourth-order valence-electron chi connectivity index (χ4n) is 2.41. The first kappa shape index (κ1) is 18.3. The van der Waals surface area contributed by atoms with Crippen LogP contribution in [0.15, 0.2) is 60.8 Å². The number of rotatable bonds is 6. The second-order valence-electron chi connectivity index (χ2n) is 5.57. The number of halogens is 2. The molecule has 0 radical (unpaired) electrons. The second-order valence-corrected chi connectivity index (χ2v) is 5.57. The van der Waals surface area contributed by atoms with Gasteiger partial charge in [-0.1, -0.05) is 12.1 Å². The third-order valence-electron chi connectivity index (χ3n) is 3.65. The molecule has 0 atom stereocenters. The van der Waals surface area contributed by atoms with Crippen molar-refractivity contribution in [2.24, 2.45) is 0 Å². The fourth-order valence-corrected chi connectivity index (χ4v) is 2.41. The number of benzene rings is 2. The van der Waals surface area contributed by atoms with Gasteiger partial charge >= 0.3 is 0 Å². The molecule has 3 rings (SSSR count). The molecule has 0 unspecified atom stereocenters. The number of hydrogen-bond donors (Lipinski definition) is 2. The minimum Gasteiger partial charge on any atom is -0.492 e. The highest BCUT2D eigenvalue weighted by molar-refractivity contribution is 6.05. The number of hydrogen-bond acceptors (Lipinski definition) is 4. The molecule has 1 amide bonds. The van der Waals surface area contributed by atoms with Crippen molar-refractivity contribution in [2.75, 3.05) is 17.2 Å². The van der Waals surface area contributed by atoms with E-state index in [9.17, 15) is 13.6 Å². The van der Waals surface area contributed by atoms with Crippen molar-refractivity contribution in [3.63, 3.8) is 0 Å². The summed E-state index contributed by atoms with van der Waals surface area (Å²) in [5.74, 6) is -1.36. The Kier molecular flexibility index (Phi) is 5.61. The van der Waals surface area contributed by atoms with Gasteiger partial charge in [0.15, 0.2) is 11.6 Å². The molecule has 1 heterocycles. The molecule has 5 nitrogen and oxygen atoms in total. The van der Waals surface area contributed by atoms with Crippen LogP contribution in [0.2, 0.25) is 0 Å². The summed E-state index contributed by atoms with van der Waals surface area (Å²) < 4.78 is 31.8. The van der Waals surface area contributed by atoms with Crippen LogP contribution in [-0.2, 0) is 0 Å². The molecule has 0 bridgehead atoms. The molecular weight excluding hydrogens is 352 g/mol. The minimum absolute atomic E-state index is 0.320. The number of pyridine rings is 1. The summed E-state index contributed by atoms with van der Waals surface area (Å²) in [5.41, 5.74) is 1.22. The highest BCUT2D eigenvalue weighted by Gasteiger charge is 2.11. The Morgan fingerprint density at radius 3 is 2.67 bits per heavy atom. The average molecular weight is 369 g/mol. The van der Waals surface area contributed by atoms with E-state index in [1.54, 1.807) is 24.3 Å².